The lowest BCUT2D eigenvalue weighted by atomic mass is 10.2. The number of hydrogen-bond donors (Lipinski definition) is 0. The molecule has 2 heterocycles. The number of ether oxygens (including phenoxy) is 1. The van der Waals surface area contributed by atoms with Crippen LogP contribution in [0.25, 0.3) is 0 Å². The number of rotatable bonds is 3. The van der Waals surface area contributed by atoms with Gasteiger partial charge in [-0.25, -0.2) is 9.78 Å². The molecule has 0 radical (unpaired) electrons. The molecule has 0 saturated carbocycles. The van der Waals surface area contributed by atoms with Crippen molar-refractivity contribution >= 4 is 28.2 Å². The molecule has 1 aliphatic heterocycles. The Morgan fingerprint density at radius 3 is 2.72 bits per heavy atom. The zero-order valence-electron chi connectivity index (χ0n) is 10.7. The van der Waals surface area contributed by atoms with Crippen LogP contribution in [0.5, 0.6) is 0 Å². The van der Waals surface area contributed by atoms with Gasteiger partial charge >= 0.3 is 5.97 Å². The van der Waals surface area contributed by atoms with E-state index in [1.807, 2.05) is 0 Å². The molecule has 1 saturated heterocycles. The number of esters is 1. The van der Waals surface area contributed by atoms with Crippen LogP contribution in [-0.4, -0.2) is 36.4 Å². The molecule has 1 aromatic rings. The molecular formula is C12H16N2O3S. The van der Waals surface area contributed by atoms with Crippen LogP contribution in [0.2, 0.25) is 0 Å². The highest BCUT2D eigenvalue weighted by Crippen LogP contribution is 2.32. The Morgan fingerprint density at radius 2 is 2.22 bits per heavy atom. The summed E-state index contributed by atoms with van der Waals surface area (Å²) in [6, 6.07) is 0.404. The van der Waals surface area contributed by atoms with Crippen LogP contribution >= 0.6 is 11.3 Å². The van der Waals surface area contributed by atoms with Crippen molar-refractivity contribution in [3.63, 3.8) is 0 Å². The first-order chi connectivity index (χ1) is 8.54. The number of Topliss-reactive ketones (excluding diaryl/α,β-unsaturated/α-hetero) is 1. The monoisotopic (exact) mass is 268 g/mol. The number of ketones is 1. The van der Waals surface area contributed by atoms with Crippen LogP contribution < -0.4 is 4.90 Å². The summed E-state index contributed by atoms with van der Waals surface area (Å²) in [5.74, 6) is -0.694. The molecule has 6 heteroatoms. The summed E-state index contributed by atoms with van der Waals surface area (Å²) in [6.45, 7) is 4.49. The third-order valence-corrected chi connectivity index (χ3v) is 4.31. The highest BCUT2D eigenvalue weighted by molar-refractivity contribution is 7.17. The maximum absolute atomic E-state index is 11.6. The molecule has 0 aliphatic carbocycles. The van der Waals surface area contributed by atoms with E-state index in [1.54, 1.807) is 0 Å². The maximum atomic E-state index is 11.6. The van der Waals surface area contributed by atoms with Crippen LogP contribution in [0.15, 0.2) is 0 Å². The number of thiazole rings is 1. The summed E-state index contributed by atoms with van der Waals surface area (Å²) in [7, 11) is 1.30. The molecular weight excluding hydrogens is 252 g/mol. The van der Waals surface area contributed by atoms with Gasteiger partial charge in [0.1, 0.15) is 4.88 Å². The standard InChI is InChI=1S/C12H16N2O3S/c1-7-5-4-6-14(7)12-13-9(11(16)17-3)10(18-12)8(2)15/h7H,4-6H2,1-3H3. The third-order valence-electron chi connectivity index (χ3n) is 3.11. The average molecular weight is 268 g/mol. The van der Waals surface area contributed by atoms with Gasteiger partial charge in [-0.05, 0) is 19.8 Å². The first-order valence-corrected chi connectivity index (χ1v) is 6.73. The molecule has 0 bridgehead atoms. The summed E-state index contributed by atoms with van der Waals surface area (Å²) in [6.07, 6.45) is 2.23. The largest absolute Gasteiger partial charge is 0.464 e. The predicted octanol–water partition coefficient (Wildman–Crippen LogP) is 2.12. The molecule has 0 spiro atoms. The Kier molecular flexibility index (Phi) is 3.65. The molecule has 1 aliphatic rings. The number of hydrogen-bond acceptors (Lipinski definition) is 6. The summed E-state index contributed by atoms with van der Waals surface area (Å²) >= 11 is 1.28. The first kappa shape index (κ1) is 13.0. The van der Waals surface area contributed by atoms with Crippen molar-refractivity contribution in [2.24, 2.45) is 0 Å². The van der Waals surface area contributed by atoms with Gasteiger partial charge in [0.15, 0.2) is 16.6 Å². The minimum absolute atomic E-state index is 0.143. The smallest absolute Gasteiger partial charge is 0.358 e. The van der Waals surface area contributed by atoms with Crippen LogP contribution in [0.4, 0.5) is 5.13 Å². The van der Waals surface area contributed by atoms with Crippen LogP contribution in [0.1, 0.15) is 46.8 Å². The number of carbonyl (C=O) groups excluding carboxylic acids is 2. The van der Waals surface area contributed by atoms with Gasteiger partial charge in [0.2, 0.25) is 0 Å². The summed E-state index contributed by atoms with van der Waals surface area (Å²) in [5, 5.41) is 0.741. The predicted molar refractivity (Wildman–Crippen MR) is 69.5 cm³/mol. The Bertz CT molecular complexity index is 484. The average Bonchev–Trinajstić information content (AvgIpc) is 2.93. The fraction of sp³-hybridized carbons (Fsp3) is 0.583. The highest BCUT2D eigenvalue weighted by atomic mass is 32.1. The second-order valence-corrected chi connectivity index (χ2v) is 5.38. The quantitative estimate of drug-likeness (QED) is 0.621. The molecule has 0 N–H and O–H groups in total. The fourth-order valence-corrected chi connectivity index (χ4v) is 3.20. The number of nitrogens with zero attached hydrogens (tertiary/aromatic N) is 2. The summed E-state index contributed by atoms with van der Waals surface area (Å²) in [5.41, 5.74) is 0.143. The lowest BCUT2D eigenvalue weighted by Gasteiger charge is -2.19. The summed E-state index contributed by atoms with van der Waals surface area (Å²) in [4.78, 5) is 30.0. The second kappa shape index (κ2) is 5.06. The van der Waals surface area contributed by atoms with Crippen molar-refractivity contribution in [2.45, 2.75) is 32.7 Å². The van der Waals surface area contributed by atoms with Crippen molar-refractivity contribution < 1.29 is 14.3 Å². The van der Waals surface area contributed by atoms with Gasteiger partial charge in [-0.3, -0.25) is 4.79 Å². The minimum atomic E-state index is -0.547. The fourth-order valence-electron chi connectivity index (χ4n) is 2.12. The number of methoxy groups -OCH3 is 1. The van der Waals surface area contributed by atoms with Gasteiger partial charge < -0.3 is 9.64 Å². The van der Waals surface area contributed by atoms with E-state index in [2.05, 4.69) is 21.5 Å². The Morgan fingerprint density at radius 1 is 1.50 bits per heavy atom. The number of anilines is 1. The van der Waals surface area contributed by atoms with E-state index in [9.17, 15) is 9.59 Å². The van der Waals surface area contributed by atoms with Gasteiger partial charge in [0, 0.05) is 19.5 Å². The zero-order chi connectivity index (χ0) is 13.3. The van der Waals surface area contributed by atoms with E-state index in [0.29, 0.717) is 10.9 Å². The van der Waals surface area contributed by atoms with E-state index in [0.717, 1.165) is 24.5 Å². The molecule has 0 amide bonds. The highest BCUT2D eigenvalue weighted by Gasteiger charge is 2.28. The first-order valence-electron chi connectivity index (χ1n) is 5.91. The van der Waals surface area contributed by atoms with Gasteiger partial charge in [-0.2, -0.15) is 0 Å². The molecule has 5 nitrogen and oxygen atoms in total. The lowest BCUT2D eigenvalue weighted by molar-refractivity contribution is 0.0591. The molecule has 2 rings (SSSR count). The number of carbonyl (C=O) groups is 2. The van der Waals surface area contributed by atoms with Crippen LogP contribution in [-0.2, 0) is 4.74 Å². The number of aromatic nitrogens is 1. The van der Waals surface area contributed by atoms with Crippen molar-refractivity contribution in [2.75, 3.05) is 18.6 Å². The van der Waals surface area contributed by atoms with Gasteiger partial charge in [0.05, 0.1) is 7.11 Å². The summed E-state index contributed by atoms with van der Waals surface area (Å²) < 4.78 is 4.66. The van der Waals surface area contributed by atoms with Gasteiger partial charge in [-0.1, -0.05) is 11.3 Å². The minimum Gasteiger partial charge on any atom is -0.464 e. The van der Waals surface area contributed by atoms with E-state index >= 15 is 0 Å². The molecule has 18 heavy (non-hydrogen) atoms. The van der Waals surface area contributed by atoms with Crippen molar-refractivity contribution in [1.29, 1.82) is 0 Å². The Hall–Kier alpha value is -1.43. The molecule has 1 aromatic heterocycles. The van der Waals surface area contributed by atoms with E-state index in [-0.39, 0.29) is 11.5 Å². The molecule has 0 aromatic carbocycles. The van der Waals surface area contributed by atoms with Crippen LogP contribution in [0, 0.1) is 0 Å². The zero-order valence-corrected chi connectivity index (χ0v) is 11.5. The Balaban J connectivity index is 2.39. The van der Waals surface area contributed by atoms with E-state index in [1.165, 1.54) is 25.4 Å². The molecule has 1 unspecified atom stereocenters. The van der Waals surface area contributed by atoms with E-state index < -0.39 is 5.97 Å². The Labute approximate surface area is 110 Å². The topological polar surface area (TPSA) is 59.5 Å². The molecule has 1 atom stereocenters. The van der Waals surface area contributed by atoms with Crippen molar-refractivity contribution in [1.82, 2.24) is 4.98 Å². The second-order valence-electron chi connectivity index (χ2n) is 4.41. The molecule has 1 fully saturated rings. The van der Waals surface area contributed by atoms with Gasteiger partial charge in [-0.15, -0.1) is 0 Å². The van der Waals surface area contributed by atoms with Crippen molar-refractivity contribution in [3.8, 4) is 0 Å². The maximum Gasteiger partial charge on any atom is 0.358 e. The van der Waals surface area contributed by atoms with Crippen LogP contribution in [0.3, 0.4) is 0 Å². The third kappa shape index (κ3) is 2.25. The van der Waals surface area contributed by atoms with E-state index in [4.69, 9.17) is 0 Å². The lowest BCUT2D eigenvalue weighted by Crippen LogP contribution is -2.26. The SMILES string of the molecule is COC(=O)c1nc(N2CCCC2C)sc1C(C)=O. The molecule has 98 valence electrons. The normalized spacial score (nSPS) is 19.1. The van der Waals surface area contributed by atoms with Gasteiger partial charge in [0.25, 0.3) is 0 Å². The van der Waals surface area contributed by atoms with Crippen molar-refractivity contribution in [3.05, 3.63) is 10.6 Å².